The van der Waals surface area contributed by atoms with Crippen molar-refractivity contribution in [1.29, 1.82) is 0 Å². The number of aliphatic hydroxyl groups excluding tert-OH is 1. The van der Waals surface area contributed by atoms with Crippen LogP contribution in [-0.4, -0.2) is 43.3 Å². The lowest BCUT2D eigenvalue weighted by molar-refractivity contribution is 0.103. The third kappa shape index (κ3) is 4.41. The van der Waals surface area contributed by atoms with Crippen LogP contribution in [0.15, 0.2) is 49.1 Å². The molecule has 2 heterocycles. The zero-order valence-corrected chi connectivity index (χ0v) is 18.3. The molecule has 2 N–H and O–H groups in total. The number of nitrogens with zero attached hydrogens (tertiary/aromatic N) is 4. The van der Waals surface area contributed by atoms with Crippen molar-refractivity contribution >= 4 is 11.6 Å². The van der Waals surface area contributed by atoms with Crippen molar-refractivity contribution in [3.05, 3.63) is 71.4 Å². The topological polar surface area (TPSA) is 92.9 Å². The number of carbonyl (C=O) groups is 1. The number of ketones is 1. The monoisotopic (exact) mass is 429 g/mol. The minimum atomic E-state index is -0.235. The summed E-state index contributed by atoms with van der Waals surface area (Å²) in [7, 11) is 0. The smallest absolute Gasteiger partial charge is 0.218 e. The number of hydrogen-bond donors (Lipinski definition) is 2. The van der Waals surface area contributed by atoms with Gasteiger partial charge in [0.15, 0.2) is 0 Å². The van der Waals surface area contributed by atoms with Crippen molar-refractivity contribution in [1.82, 2.24) is 19.7 Å². The van der Waals surface area contributed by atoms with E-state index in [4.69, 9.17) is 6.42 Å². The summed E-state index contributed by atoms with van der Waals surface area (Å²) < 4.78 is 1.75. The van der Waals surface area contributed by atoms with Crippen LogP contribution in [-0.2, 0) is 0 Å². The van der Waals surface area contributed by atoms with E-state index in [9.17, 15) is 9.90 Å². The van der Waals surface area contributed by atoms with E-state index in [-0.39, 0.29) is 30.4 Å². The first kappa shape index (κ1) is 21.7. The van der Waals surface area contributed by atoms with Crippen LogP contribution < -0.4 is 5.32 Å². The zero-order chi connectivity index (χ0) is 22.7. The molecule has 2 aromatic heterocycles. The van der Waals surface area contributed by atoms with E-state index in [0.717, 1.165) is 24.0 Å². The molecule has 0 bridgehead atoms. The Balaban J connectivity index is 1.53. The van der Waals surface area contributed by atoms with E-state index < -0.39 is 0 Å². The van der Waals surface area contributed by atoms with Gasteiger partial charge >= 0.3 is 0 Å². The van der Waals surface area contributed by atoms with Crippen molar-refractivity contribution in [2.24, 2.45) is 11.8 Å². The fourth-order valence-electron chi connectivity index (χ4n) is 4.37. The van der Waals surface area contributed by atoms with Gasteiger partial charge in [-0.1, -0.05) is 25.0 Å². The van der Waals surface area contributed by atoms with Crippen molar-refractivity contribution in [2.75, 3.05) is 11.9 Å². The molecule has 164 valence electrons. The molecule has 0 spiro atoms. The lowest BCUT2D eigenvalue weighted by atomic mass is 10.00. The lowest BCUT2D eigenvalue weighted by Crippen LogP contribution is -2.20. The molecule has 0 saturated heterocycles. The van der Waals surface area contributed by atoms with Gasteiger partial charge in [0.05, 0.1) is 11.6 Å². The third-order valence-electron chi connectivity index (χ3n) is 6.35. The Bertz CT molecular complexity index is 1150. The number of hydrogen-bond acceptors (Lipinski definition) is 6. The maximum absolute atomic E-state index is 13.2. The van der Waals surface area contributed by atoms with E-state index in [0.29, 0.717) is 23.0 Å². The van der Waals surface area contributed by atoms with Gasteiger partial charge in [0.2, 0.25) is 5.78 Å². The molecule has 1 unspecified atom stereocenters. The summed E-state index contributed by atoms with van der Waals surface area (Å²) in [6.07, 6.45) is 12.0. The Labute approximate surface area is 187 Å². The Morgan fingerprint density at radius 3 is 2.97 bits per heavy atom. The SMILES string of the molecule is C#Cc1cccc(C(C)n2ccc(C(=O)c3cncnc3N[C@@H]3C[C@H](CO)[C@@H](C)C3)n2)c1. The molecule has 1 aromatic carbocycles. The maximum atomic E-state index is 13.2. The Morgan fingerprint density at radius 1 is 1.38 bits per heavy atom. The van der Waals surface area contributed by atoms with E-state index in [1.807, 2.05) is 31.2 Å². The van der Waals surface area contributed by atoms with Gasteiger partial charge in [0, 0.05) is 30.6 Å². The first-order valence-electron chi connectivity index (χ1n) is 10.8. The minimum absolute atomic E-state index is 0.0788. The van der Waals surface area contributed by atoms with Crippen LogP contribution in [0.4, 0.5) is 5.82 Å². The molecular weight excluding hydrogens is 402 g/mol. The fourth-order valence-corrected chi connectivity index (χ4v) is 4.37. The summed E-state index contributed by atoms with van der Waals surface area (Å²) in [5, 5.41) is 17.5. The van der Waals surface area contributed by atoms with E-state index in [2.05, 4.69) is 33.2 Å². The summed E-state index contributed by atoms with van der Waals surface area (Å²) in [5.74, 6) is 3.60. The second-order valence-corrected chi connectivity index (χ2v) is 8.47. The molecule has 1 fully saturated rings. The number of carbonyl (C=O) groups excluding carboxylic acids is 1. The average Bonchev–Trinajstić information content (AvgIpc) is 3.45. The first-order chi connectivity index (χ1) is 15.5. The highest BCUT2D eigenvalue weighted by Crippen LogP contribution is 2.33. The predicted molar refractivity (Wildman–Crippen MR) is 122 cm³/mol. The molecule has 0 aliphatic heterocycles. The number of benzene rings is 1. The van der Waals surface area contributed by atoms with Gasteiger partial charge in [0.1, 0.15) is 17.8 Å². The molecule has 3 aromatic rings. The van der Waals surface area contributed by atoms with Gasteiger partial charge in [0.25, 0.3) is 0 Å². The molecule has 7 nitrogen and oxygen atoms in total. The molecule has 1 aliphatic rings. The molecular formula is C25H27N5O2. The number of rotatable bonds is 7. The number of anilines is 1. The van der Waals surface area contributed by atoms with Gasteiger partial charge < -0.3 is 10.4 Å². The summed E-state index contributed by atoms with van der Waals surface area (Å²) in [4.78, 5) is 21.6. The first-order valence-corrected chi connectivity index (χ1v) is 10.8. The normalized spacial score (nSPS) is 21.1. The molecule has 0 radical (unpaired) electrons. The highest BCUT2D eigenvalue weighted by Gasteiger charge is 2.31. The molecule has 1 aliphatic carbocycles. The molecule has 32 heavy (non-hydrogen) atoms. The predicted octanol–water partition coefficient (Wildman–Crippen LogP) is 3.31. The van der Waals surface area contributed by atoms with E-state index in [1.165, 1.54) is 12.5 Å². The van der Waals surface area contributed by atoms with Crippen LogP contribution >= 0.6 is 0 Å². The average molecular weight is 430 g/mol. The van der Waals surface area contributed by atoms with Crippen LogP contribution in [0, 0.1) is 24.2 Å². The molecule has 1 saturated carbocycles. The van der Waals surface area contributed by atoms with Gasteiger partial charge in [-0.3, -0.25) is 9.48 Å². The second-order valence-electron chi connectivity index (χ2n) is 8.47. The summed E-state index contributed by atoms with van der Waals surface area (Å²) >= 11 is 0. The number of terminal acetylenes is 1. The number of nitrogens with one attached hydrogen (secondary N) is 1. The van der Waals surface area contributed by atoms with Crippen molar-refractivity contribution < 1.29 is 9.90 Å². The van der Waals surface area contributed by atoms with Crippen LogP contribution in [0.5, 0.6) is 0 Å². The Morgan fingerprint density at radius 2 is 2.22 bits per heavy atom. The van der Waals surface area contributed by atoms with Crippen molar-refractivity contribution in [3.8, 4) is 12.3 Å². The Hall–Kier alpha value is -3.50. The van der Waals surface area contributed by atoms with Gasteiger partial charge in [-0.15, -0.1) is 6.42 Å². The van der Waals surface area contributed by atoms with Gasteiger partial charge in [-0.05, 0) is 55.4 Å². The summed E-state index contributed by atoms with van der Waals surface area (Å²) in [6, 6.07) is 9.52. The quantitative estimate of drug-likeness (QED) is 0.442. The molecule has 4 atom stereocenters. The highest BCUT2D eigenvalue weighted by molar-refractivity contribution is 6.10. The van der Waals surface area contributed by atoms with E-state index >= 15 is 0 Å². The van der Waals surface area contributed by atoms with Crippen LogP contribution in [0.3, 0.4) is 0 Å². The van der Waals surface area contributed by atoms with Crippen molar-refractivity contribution in [3.63, 3.8) is 0 Å². The Kier molecular flexibility index (Phi) is 6.33. The van der Waals surface area contributed by atoms with Gasteiger partial charge in [-0.2, -0.15) is 5.10 Å². The zero-order valence-electron chi connectivity index (χ0n) is 18.3. The largest absolute Gasteiger partial charge is 0.396 e. The van der Waals surface area contributed by atoms with Crippen LogP contribution in [0.2, 0.25) is 0 Å². The standard InChI is InChI=1S/C25H27N5O2/c1-4-18-6-5-7-19(11-18)17(3)30-9-8-23(29-30)24(32)22-13-26-15-27-25(22)28-21-10-16(2)20(12-21)14-31/h1,5-9,11,13,15-17,20-21,31H,10,12,14H2,2-3H3,(H,26,27,28)/t16-,17?,20+,21-/m0/s1. The lowest BCUT2D eigenvalue weighted by Gasteiger charge is -2.15. The summed E-state index contributed by atoms with van der Waals surface area (Å²) in [6.45, 7) is 4.32. The molecule has 7 heteroatoms. The van der Waals surface area contributed by atoms with Gasteiger partial charge in [-0.25, -0.2) is 9.97 Å². The second kappa shape index (κ2) is 9.33. The van der Waals surface area contributed by atoms with Crippen molar-refractivity contribution in [2.45, 2.75) is 38.8 Å². The maximum Gasteiger partial charge on any atom is 0.218 e. The molecule has 0 amide bonds. The van der Waals surface area contributed by atoms with Crippen LogP contribution in [0.25, 0.3) is 0 Å². The fraction of sp³-hybridized carbons (Fsp3) is 0.360. The molecule has 4 rings (SSSR count). The third-order valence-corrected chi connectivity index (χ3v) is 6.35. The number of aliphatic hydroxyl groups is 1. The highest BCUT2D eigenvalue weighted by atomic mass is 16.3. The summed E-state index contributed by atoms with van der Waals surface area (Å²) in [5.41, 5.74) is 2.54. The minimum Gasteiger partial charge on any atom is -0.396 e. The number of aromatic nitrogens is 4. The van der Waals surface area contributed by atoms with E-state index in [1.54, 1.807) is 16.9 Å². The van der Waals surface area contributed by atoms with Crippen LogP contribution in [0.1, 0.15) is 59.9 Å².